The predicted octanol–water partition coefficient (Wildman–Crippen LogP) is 2.20. The number of hydrogen-bond acceptors (Lipinski definition) is 2. The smallest absolute Gasteiger partial charge is 0.216 e. The molecule has 0 spiro atoms. The quantitative estimate of drug-likeness (QED) is 0.773. The summed E-state index contributed by atoms with van der Waals surface area (Å²) in [7, 11) is 0. The van der Waals surface area contributed by atoms with Crippen LogP contribution in [0.4, 0.5) is 5.69 Å². The van der Waals surface area contributed by atoms with Crippen molar-refractivity contribution in [2.24, 2.45) is 0 Å². The van der Waals surface area contributed by atoms with Gasteiger partial charge in [-0.1, -0.05) is 17.7 Å². The molecule has 1 aromatic rings. The third kappa shape index (κ3) is 4.21. The molecule has 1 aromatic carbocycles. The van der Waals surface area contributed by atoms with E-state index in [0.29, 0.717) is 18.1 Å². The van der Waals surface area contributed by atoms with E-state index in [-0.39, 0.29) is 5.91 Å². The van der Waals surface area contributed by atoms with Crippen LogP contribution in [0.5, 0.6) is 0 Å². The summed E-state index contributed by atoms with van der Waals surface area (Å²) >= 11 is 5.99. The van der Waals surface area contributed by atoms with Gasteiger partial charge in [0.1, 0.15) is 0 Å². The van der Waals surface area contributed by atoms with Crippen LogP contribution in [0.15, 0.2) is 18.2 Å². The first kappa shape index (κ1) is 11.9. The Balaban J connectivity index is 2.43. The highest BCUT2D eigenvalue weighted by atomic mass is 35.5. The van der Waals surface area contributed by atoms with Crippen molar-refractivity contribution in [2.45, 2.75) is 13.8 Å². The Kier molecular flexibility index (Phi) is 4.43. The second-order valence-electron chi connectivity index (χ2n) is 3.39. The lowest BCUT2D eigenvalue weighted by Gasteiger charge is -2.09. The minimum atomic E-state index is -0.0212. The molecule has 0 aromatic heterocycles. The zero-order chi connectivity index (χ0) is 11.3. The largest absolute Gasteiger partial charge is 0.382 e. The molecule has 0 aliphatic rings. The maximum Gasteiger partial charge on any atom is 0.216 e. The maximum absolute atomic E-state index is 10.6. The molecule has 0 unspecified atom stereocenters. The zero-order valence-electron chi connectivity index (χ0n) is 8.93. The standard InChI is InChI=1S/C11H15ClN2O/c1-8-3-4-10(12)11(7-8)14-6-5-13-9(2)15/h3-4,7,14H,5-6H2,1-2H3,(H,13,15). The van der Waals surface area contributed by atoms with E-state index in [1.807, 2.05) is 25.1 Å². The predicted molar refractivity (Wildman–Crippen MR) is 63.4 cm³/mol. The Morgan fingerprint density at radius 1 is 1.40 bits per heavy atom. The lowest BCUT2D eigenvalue weighted by molar-refractivity contribution is -0.118. The van der Waals surface area contributed by atoms with Crippen molar-refractivity contribution in [1.29, 1.82) is 0 Å². The van der Waals surface area contributed by atoms with E-state index < -0.39 is 0 Å². The number of halogens is 1. The fraction of sp³-hybridized carbons (Fsp3) is 0.364. The molecule has 4 heteroatoms. The molecule has 0 aliphatic heterocycles. The number of amides is 1. The fourth-order valence-corrected chi connectivity index (χ4v) is 1.39. The molecule has 0 atom stereocenters. The molecular weight excluding hydrogens is 212 g/mol. The number of rotatable bonds is 4. The third-order valence-electron chi connectivity index (χ3n) is 1.94. The maximum atomic E-state index is 10.6. The van der Waals surface area contributed by atoms with E-state index in [0.717, 1.165) is 11.3 Å². The number of benzene rings is 1. The summed E-state index contributed by atoms with van der Waals surface area (Å²) in [6, 6.07) is 5.80. The number of aryl methyl sites for hydroxylation is 1. The molecular formula is C11H15ClN2O. The van der Waals surface area contributed by atoms with Gasteiger partial charge in [0.2, 0.25) is 5.91 Å². The van der Waals surface area contributed by atoms with Crippen molar-refractivity contribution in [1.82, 2.24) is 5.32 Å². The van der Waals surface area contributed by atoms with Gasteiger partial charge in [0.25, 0.3) is 0 Å². The highest BCUT2D eigenvalue weighted by Crippen LogP contribution is 2.22. The average molecular weight is 227 g/mol. The van der Waals surface area contributed by atoms with Gasteiger partial charge in [-0.3, -0.25) is 4.79 Å². The van der Waals surface area contributed by atoms with Crippen molar-refractivity contribution < 1.29 is 4.79 Å². The Morgan fingerprint density at radius 2 is 2.13 bits per heavy atom. The monoisotopic (exact) mass is 226 g/mol. The van der Waals surface area contributed by atoms with Crippen LogP contribution in [0.25, 0.3) is 0 Å². The number of nitrogens with one attached hydrogen (secondary N) is 2. The Bertz CT molecular complexity index is 352. The molecule has 2 N–H and O–H groups in total. The third-order valence-corrected chi connectivity index (χ3v) is 2.27. The topological polar surface area (TPSA) is 41.1 Å². The van der Waals surface area contributed by atoms with E-state index in [2.05, 4.69) is 10.6 Å². The van der Waals surface area contributed by atoms with Crippen molar-refractivity contribution >= 4 is 23.2 Å². The molecule has 1 amide bonds. The normalized spacial score (nSPS) is 9.80. The van der Waals surface area contributed by atoms with Crippen molar-refractivity contribution in [3.63, 3.8) is 0 Å². The van der Waals surface area contributed by atoms with Crippen LogP contribution >= 0.6 is 11.6 Å². The summed E-state index contributed by atoms with van der Waals surface area (Å²) in [5.41, 5.74) is 2.06. The van der Waals surface area contributed by atoms with Crippen LogP contribution in [0.2, 0.25) is 5.02 Å². The molecule has 1 rings (SSSR count). The summed E-state index contributed by atoms with van der Waals surface area (Å²) in [5.74, 6) is -0.0212. The molecule has 0 aliphatic carbocycles. The Morgan fingerprint density at radius 3 is 2.80 bits per heavy atom. The molecule has 0 bridgehead atoms. The molecule has 0 radical (unpaired) electrons. The molecule has 0 fully saturated rings. The minimum Gasteiger partial charge on any atom is -0.382 e. The molecule has 0 heterocycles. The summed E-state index contributed by atoms with van der Waals surface area (Å²) in [6.07, 6.45) is 0. The first-order valence-electron chi connectivity index (χ1n) is 4.84. The first-order chi connectivity index (χ1) is 7.09. The van der Waals surface area contributed by atoms with Gasteiger partial charge < -0.3 is 10.6 Å². The van der Waals surface area contributed by atoms with Crippen LogP contribution in [0.3, 0.4) is 0 Å². The van der Waals surface area contributed by atoms with Crippen molar-refractivity contribution in [2.75, 3.05) is 18.4 Å². The van der Waals surface area contributed by atoms with E-state index in [1.54, 1.807) is 0 Å². The van der Waals surface area contributed by atoms with E-state index >= 15 is 0 Å². The Hall–Kier alpha value is -1.22. The summed E-state index contributed by atoms with van der Waals surface area (Å²) in [6.45, 7) is 4.78. The van der Waals surface area contributed by atoms with Gasteiger partial charge in [-0.25, -0.2) is 0 Å². The lowest BCUT2D eigenvalue weighted by atomic mass is 10.2. The zero-order valence-corrected chi connectivity index (χ0v) is 9.69. The minimum absolute atomic E-state index is 0.0212. The Labute approximate surface area is 94.8 Å². The number of anilines is 1. The van der Waals surface area contributed by atoms with Crippen LogP contribution in [0, 0.1) is 6.92 Å². The highest BCUT2D eigenvalue weighted by Gasteiger charge is 1.99. The number of carbonyl (C=O) groups excluding carboxylic acids is 1. The second kappa shape index (κ2) is 5.61. The van der Waals surface area contributed by atoms with Crippen LogP contribution in [-0.4, -0.2) is 19.0 Å². The molecule has 0 saturated heterocycles. The van der Waals surface area contributed by atoms with Gasteiger partial charge in [-0.05, 0) is 24.6 Å². The van der Waals surface area contributed by atoms with Crippen LogP contribution in [-0.2, 0) is 4.79 Å². The first-order valence-corrected chi connectivity index (χ1v) is 5.22. The lowest BCUT2D eigenvalue weighted by Crippen LogP contribution is -2.26. The van der Waals surface area contributed by atoms with Crippen LogP contribution in [0.1, 0.15) is 12.5 Å². The summed E-state index contributed by atoms with van der Waals surface area (Å²) in [4.78, 5) is 10.6. The summed E-state index contributed by atoms with van der Waals surface area (Å²) < 4.78 is 0. The van der Waals surface area contributed by atoms with Gasteiger partial charge in [0.15, 0.2) is 0 Å². The highest BCUT2D eigenvalue weighted by molar-refractivity contribution is 6.33. The number of hydrogen-bond donors (Lipinski definition) is 2. The molecule has 15 heavy (non-hydrogen) atoms. The molecule has 3 nitrogen and oxygen atoms in total. The van der Waals surface area contributed by atoms with E-state index in [9.17, 15) is 4.79 Å². The SMILES string of the molecule is CC(=O)NCCNc1cc(C)ccc1Cl. The second-order valence-corrected chi connectivity index (χ2v) is 3.80. The van der Waals surface area contributed by atoms with Crippen LogP contribution < -0.4 is 10.6 Å². The van der Waals surface area contributed by atoms with Gasteiger partial charge in [-0.15, -0.1) is 0 Å². The van der Waals surface area contributed by atoms with Crippen molar-refractivity contribution in [3.05, 3.63) is 28.8 Å². The number of carbonyl (C=O) groups is 1. The van der Waals surface area contributed by atoms with Gasteiger partial charge >= 0.3 is 0 Å². The van der Waals surface area contributed by atoms with E-state index in [1.165, 1.54) is 6.92 Å². The van der Waals surface area contributed by atoms with Gasteiger partial charge in [0, 0.05) is 20.0 Å². The average Bonchev–Trinajstić information content (AvgIpc) is 2.17. The molecule has 82 valence electrons. The van der Waals surface area contributed by atoms with Gasteiger partial charge in [0.05, 0.1) is 10.7 Å². The van der Waals surface area contributed by atoms with E-state index in [4.69, 9.17) is 11.6 Å². The van der Waals surface area contributed by atoms with Gasteiger partial charge in [-0.2, -0.15) is 0 Å². The van der Waals surface area contributed by atoms with Crippen molar-refractivity contribution in [3.8, 4) is 0 Å². The molecule has 0 saturated carbocycles. The summed E-state index contributed by atoms with van der Waals surface area (Å²) in [5, 5.41) is 6.57. The fourth-order valence-electron chi connectivity index (χ4n) is 1.21.